The second-order valence-electron chi connectivity index (χ2n) is 7.56. The molecule has 6 nitrogen and oxygen atoms in total. The van der Waals surface area contributed by atoms with Crippen molar-refractivity contribution in [1.29, 1.82) is 0 Å². The van der Waals surface area contributed by atoms with E-state index in [0.29, 0.717) is 12.5 Å². The largest absolute Gasteiger partial charge is 0.381 e. The van der Waals surface area contributed by atoms with Gasteiger partial charge in [-0.3, -0.25) is 4.99 Å². The second kappa shape index (κ2) is 9.43. The lowest BCUT2D eigenvalue weighted by molar-refractivity contribution is 0.0514. The van der Waals surface area contributed by atoms with E-state index in [1.165, 1.54) is 5.56 Å². The van der Waals surface area contributed by atoms with Gasteiger partial charge >= 0.3 is 0 Å². The van der Waals surface area contributed by atoms with Gasteiger partial charge < -0.3 is 19.9 Å². The molecule has 0 atom stereocenters. The van der Waals surface area contributed by atoms with Crippen LogP contribution in [0, 0.1) is 0 Å². The van der Waals surface area contributed by atoms with Gasteiger partial charge in [-0.2, -0.15) is 0 Å². The van der Waals surface area contributed by atoms with Crippen molar-refractivity contribution in [2.45, 2.75) is 44.6 Å². The molecule has 0 amide bonds. The summed E-state index contributed by atoms with van der Waals surface area (Å²) in [5, 5.41) is 11.6. The summed E-state index contributed by atoms with van der Waals surface area (Å²) in [5.74, 6) is 1.87. The fraction of sp³-hybridized carbons (Fsp3) is 0.524. The number of benzene rings is 1. The molecule has 0 aliphatic carbocycles. The minimum Gasteiger partial charge on any atom is -0.381 e. The van der Waals surface area contributed by atoms with Gasteiger partial charge in [0.2, 0.25) is 0 Å². The Morgan fingerprint density at radius 3 is 2.68 bits per heavy atom. The van der Waals surface area contributed by atoms with Crippen molar-refractivity contribution < 1.29 is 9.26 Å². The van der Waals surface area contributed by atoms with Gasteiger partial charge in [0.25, 0.3) is 0 Å². The first-order valence-electron chi connectivity index (χ1n) is 9.76. The summed E-state index contributed by atoms with van der Waals surface area (Å²) in [5.41, 5.74) is 2.17. The lowest BCUT2D eigenvalue weighted by Gasteiger charge is -2.38. The number of nitrogens with zero attached hydrogens (tertiary/aromatic N) is 2. The third kappa shape index (κ3) is 5.06. The molecule has 0 bridgehead atoms. The minimum atomic E-state index is -0.0299. The molecule has 1 aliphatic rings. The molecule has 1 saturated heterocycles. The van der Waals surface area contributed by atoms with Gasteiger partial charge in [-0.15, -0.1) is 0 Å². The number of guanidine groups is 1. The summed E-state index contributed by atoms with van der Waals surface area (Å²) in [6.07, 6.45) is 1.88. The van der Waals surface area contributed by atoms with Crippen LogP contribution in [0.3, 0.4) is 0 Å². The van der Waals surface area contributed by atoms with Gasteiger partial charge in [0, 0.05) is 43.3 Å². The Kier molecular flexibility index (Phi) is 6.97. The number of rotatable bonds is 6. The third-order valence-electron chi connectivity index (χ3n) is 5.30. The van der Waals surface area contributed by atoms with Crippen molar-refractivity contribution in [1.82, 2.24) is 15.8 Å². The topological polar surface area (TPSA) is 71.7 Å². The molecule has 2 N–H and O–H groups in total. The van der Waals surface area contributed by atoms with E-state index in [1.54, 1.807) is 7.05 Å². The van der Waals surface area contributed by atoms with E-state index in [0.717, 1.165) is 55.0 Å². The van der Waals surface area contributed by atoms with Crippen molar-refractivity contribution in [3.63, 3.8) is 0 Å². The molecule has 7 heteroatoms. The number of aromatic nitrogens is 1. The van der Waals surface area contributed by atoms with E-state index < -0.39 is 0 Å². The van der Waals surface area contributed by atoms with Gasteiger partial charge in [0.15, 0.2) is 11.7 Å². The first-order valence-corrected chi connectivity index (χ1v) is 10.1. The Labute approximate surface area is 171 Å². The van der Waals surface area contributed by atoms with Crippen LogP contribution >= 0.6 is 11.6 Å². The molecule has 28 heavy (non-hydrogen) atoms. The van der Waals surface area contributed by atoms with E-state index in [4.69, 9.17) is 20.9 Å². The van der Waals surface area contributed by atoms with Gasteiger partial charge in [-0.25, -0.2) is 0 Å². The zero-order chi connectivity index (χ0) is 20.0. The molecule has 1 aliphatic heterocycles. The van der Waals surface area contributed by atoms with Gasteiger partial charge in [-0.05, 0) is 36.5 Å². The van der Waals surface area contributed by atoms with Crippen LogP contribution in [0.2, 0.25) is 5.02 Å². The van der Waals surface area contributed by atoms with Crippen LogP contribution in [0.4, 0.5) is 0 Å². The van der Waals surface area contributed by atoms with E-state index >= 15 is 0 Å². The number of ether oxygens (including phenoxy) is 1. The Hall–Kier alpha value is -2.05. The highest BCUT2D eigenvalue weighted by atomic mass is 35.5. The van der Waals surface area contributed by atoms with Gasteiger partial charge in [-0.1, -0.05) is 42.7 Å². The molecule has 0 saturated carbocycles. The summed E-state index contributed by atoms with van der Waals surface area (Å²) in [6, 6.07) is 10.1. The molecule has 0 unspecified atom stereocenters. The summed E-state index contributed by atoms with van der Waals surface area (Å²) in [6.45, 7) is 6.97. The zero-order valence-corrected chi connectivity index (χ0v) is 17.6. The number of halogens is 1. The van der Waals surface area contributed by atoms with Crippen LogP contribution in [0.15, 0.2) is 39.8 Å². The average molecular weight is 405 g/mol. The summed E-state index contributed by atoms with van der Waals surface area (Å²) in [4.78, 5) is 4.35. The highest BCUT2D eigenvalue weighted by molar-refractivity contribution is 6.30. The molecule has 2 aromatic rings. The van der Waals surface area contributed by atoms with E-state index in [9.17, 15) is 0 Å². The lowest BCUT2D eigenvalue weighted by atomic mass is 9.74. The van der Waals surface area contributed by atoms with Crippen LogP contribution < -0.4 is 10.6 Å². The molecule has 1 fully saturated rings. The number of hydrogen-bond acceptors (Lipinski definition) is 4. The van der Waals surface area contributed by atoms with E-state index in [-0.39, 0.29) is 5.41 Å². The molecule has 3 rings (SSSR count). The van der Waals surface area contributed by atoms with E-state index in [1.807, 2.05) is 18.2 Å². The van der Waals surface area contributed by atoms with Crippen molar-refractivity contribution in [2.75, 3.05) is 26.8 Å². The first-order chi connectivity index (χ1) is 13.5. The van der Waals surface area contributed by atoms with Crippen molar-refractivity contribution in [3.05, 3.63) is 52.4 Å². The predicted molar refractivity (Wildman–Crippen MR) is 112 cm³/mol. The van der Waals surface area contributed by atoms with Crippen molar-refractivity contribution in [2.24, 2.45) is 4.99 Å². The van der Waals surface area contributed by atoms with Crippen LogP contribution in [0.25, 0.3) is 0 Å². The van der Waals surface area contributed by atoms with Crippen LogP contribution in [0.1, 0.15) is 49.6 Å². The Morgan fingerprint density at radius 1 is 1.25 bits per heavy atom. The fourth-order valence-corrected chi connectivity index (χ4v) is 3.67. The van der Waals surface area contributed by atoms with E-state index in [2.05, 4.69) is 46.8 Å². The highest BCUT2D eigenvalue weighted by Crippen LogP contribution is 2.35. The normalized spacial score (nSPS) is 17.0. The molecular formula is C21H29ClN4O2. The number of hydrogen-bond donors (Lipinski definition) is 2. The third-order valence-corrected chi connectivity index (χ3v) is 5.54. The molecule has 0 spiro atoms. The molecular weight excluding hydrogens is 376 g/mol. The van der Waals surface area contributed by atoms with Crippen LogP contribution in [0.5, 0.6) is 0 Å². The van der Waals surface area contributed by atoms with Crippen LogP contribution in [-0.2, 0) is 16.7 Å². The summed E-state index contributed by atoms with van der Waals surface area (Å²) >= 11 is 6.25. The Bertz CT molecular complexity index is 797. The lowest BCUT2D eigenvalue weighted by Crippen LogP contribution is -2.47. The summed E-state index contributed by atoms with van der Waals surface area (Å²) in [7, 11) is 1.77. The maximum Gasteiger partial charge on any atom is 0.191 e. The van der Waals surface area contributed by atoms with Gasteiger partial charge in [0.05, 0.1) is 12.2 Å². The Balaban J connectivity index is 1.64. The Morgan fingerprint density at radius 2 is 2.04 bits per heavy atom. The monoisotopic (exact) mass is 404 g/mol. The number of nitrogens with one attached hydrogen (secondary N) is 2. The van der Waals surface area contributed by atoms with Gasteiger partial charge in [0.1, 0.15) is 0 Å². The maximum atomic E-state index is 6.25. The molecule has 152 valence electrons. The molecule has 2 heterocycles. The SMILES string of the molecule is CN=C(NCc1cc(C(C)C)no1)NCC1(c2cccc(Cl)c2)CCOCC1. The second-order valence-corrected chi connectivity index (χ2v) is 7.99. The smallest absolute Gasteiger partial charge is 0.191 e. The maximum absolute atomic E-state index is 6.25. The minimum absolute atomic E-state index is 0.0299. The first kappa shape index (κ1) is 20.7. The fourth-order valence-electron chi connectivity index (χ4n) is 3.48. The highest BCUT2D eigenvalue weighted by Gasteiger charge is 2.34. The quantitative estimate of drug-likeness (QED) is 0.565. The number of aliphatic imine (C=N–C) groups is 1. The molecule has 1 aromatic heterocycles. The van der Waals surface area contributed by atoms with Crippen LogP contribution in [-0.4, -0.2) is 37.9 Å². The standard InChI is InChI=1S/C21H29ClN4O2/c1-15(2)19-12-18(28-26-19)13-24-20(23-3)25-14-21(7-9-27-10-8-21)16-5-4-6-17(22)11-16/h4-6,11-12,15H,7-10,13-14H2,1-3H3,(H2,23,24,25). The molecule has 0 radical (unpaired) electrons. The van der Waals surface area contributed by atoms with Crippen molar-refractivity contribution in [3.8, 4) is 0 Å². The predicted octanol–water partition coefficient (Wildman–Crippen LogP) is 3.86. The molecule has 1 aromatic carbocycles. The zero-order valence-electron chi connectivity index (χ0n) is 16.8. The van der Waals surface area contributed by atoms with Crippen molar-refractivity contribution >= 4 is 17.6 Å². The average Bonchev–Trinajstić information content (AvgIpc) is 3.18. The summed E-state index contributed by atoms with van der Waals surface area (Å²) < 4.78 is 11.0.